The highest BCUT2D eigenvalue weighted by molar-refractivity contribution is 7.99. The molecule has 3 aromatic rings. The Hall–Kier alpha value is -3.00. The molecule has 32 heavy (non-hydrogen) atoms. The zero-order valence-corrected chi connectivity index (χ0v) is 19.3. The third kappa shape index (κ3) is 5.07. The maximum Gasteiger partial charge on any atom is 0.237 e. The number of carbonyl (C=O) groups excluding carboxylic acids is 1. The fraction of sp³-hybridized carbons (Fsp3) is 0.375. The molecule has 0 atom stereocenters. The Labute approximate surface area is 192 Å². The molecule has 2 heterocycles. The summed E-state index contributed by atoms with van der Waals surface area (Å²) in [5.74, 6) is 2.65. The normalized spacial score (nSPS) is 13.6. The van der Waals surface area contributed by atoms with E-state index >= 15 is 0 Å². The van der Waals surface area contributed by atoms with Gasteiger partial charge in [0.2, 0.25) is 5.91 Å². The predicted molar refractivity (Wildman–Crippen MR) is 124 cm³/mol. The summed E-state index contributed by atoms with van der Waals surface area (Å²) >= 11 is 1.41. The van der Waals surface area contributed by atoms with Gasteiger partial charge >= 0.3 is 0 Å². The summed E-state index contributed by atoms with van der Waals surface area (Å²) in [5, 5.41) is 9.52. The van der Waals surface area contributed by atoms with Crippen molar-refractivity contribution in [2.75, 3.05) is 19.4 Å². The summed E-state index contributed by atoms with van der Waals surface area (Å²) < 4.78 is 12.9. The van der Waals surface area contributed by atoms with E-state index in [0.29, 0.717) is 29.8 Å². The van der Waals surface area contributed by atoms with Gasteiger partial charge in [0.15, 0.2) is 11.0 Å². The molecule has 0 bridgehead atoms. The van der Waals surface area contributed by atoms with Crippen LogP contribution in [0, 0.1) is 0 Å². The molecule has 0 N–H and O–H groups in total. The molecule has 0 unspecified atom stereocenters. The van der Waals surface area contributed by atoms with Crippen LogP contribution in [0.2, 0.25) is 0 Å². The lowest BCUT2D eigenvalue weighted by molar-refractivity contribution is -0.126. The molecule has 0 radical (unpaired) electrons. The maximum absolute atomic E-state index is 13.0. The van der Waals surface area contributed by atoms with Gasteiger partial charge in [-0.1, -0.05) is 30.0 Å². The van der Waals surface area contributed by atoms with E-state index in [1.165, 1.54) is 18.2 Å². The molecule has 0 saturated heterocycles. The highest BCUT2D eigenvalue weighted by Crippen LogP contribution is 2.28. The van der Waals surface area contributed by atoms with E-state index in [1.807, 2.05) is 52.8 Å². The summed E-state index contributed by atoms with van der Waals surface area (Å²) in [4.78, 5) is 14.9. The van der Waals surface area contributed by atoms with Crippen LogP contribution in [-0.2, 0) is 11.3 Å². The summed E-state index contributed by atoms with van der Waals surface area (Å²) in [6.45, 7) is 3.18. The molecule has 168 valence electrons. The number of rotatable bonds is 9. The minimum Gasteiger partial charge on any atom is -0.497 e. The minimum atomic E-state index is 0.0983. The number of furan rings is 1. The van der Waals surface area contributed by atoms with Crippen LogP contribution in [0.4, 0.5) is 0 Å². The van der Waals surface area contributed by atoms with Crippen LogP contribution < -0.4 is 4.74 Å². The van der Waals surface area contributed by atoms with Gasteiger partial charge in [0.25, 0.3) is 0 Å². The van der Waals surface area contributed by atoms with E-state index in [2.05, 4.69) is 16.3 Å². The van der Waals surface area contributed by atoms with Crippen molar-refractivity contribution in [2.45, 2.75) is 44.3 Å². The van der Waals surface area contributed by atoms with Crippen molar-refractivity contribution in [3.63, 3.8) is 0 Å². The first-order valence-corrected chi connectivity index (χ1v) is 11.9. The lowest BCUT2D eigenvalue weighted by Crippen LogP contribution is -2.32. The molecule has 1 aliphatic carbocycles. The third-order valence-corrected chi connectivity index (χ3v) is 6.45. The van der Waals surface area contributed by atoms with Crippen LogP contribution in [-0.4, -0.2) is 45.0 Å². The highest BCUT2D eigenvalue weighted by atomic mass is 32.2. The SMILES string of the molecule is CCN(C(=O)CSc1nnc(-c2cccc(OC)c2)n1Cc1ccco1)C1=CCCCC1. The van der Waals surface area contributed by atoms with Gasteiger partial charge in [-0.15, -0.1) is 10.2 Å². The zero-order valence-electron chi connectivity index (χ0n) is 18.5. The lowest BCUT2D eigenvalue weighted by atomic mass is 10.0. The summed E-state index contributed by atoms with van der Waals surface area (Å²) in [5.41, 5.74) is 2.04. The maximum atomic E-state index is 13.0. The van der Waals surface area contributed by atoms with E-state index in [1.54, 1.807) is 13.4 Å². The van der Waals surface area contributed by atoms with Crippen molar-refractivity contribution in [1.29, 1.82) is 0 Å². The number of carbonyl (C=O) groups is 1. The first-order chi connectivity index (χ1) is 15.7. The fourth-order valence-electron chi connectivity index (χ4n) is 3.88. The van der Waals surface area contributed by atoms with Crippen molar-refractivity contribution in [1.82, 2.24) is 19.7 Å². The average molecular weight is 453 g/mol. The molecule has 0 aliphatic heterocycles. The van der Waals surface area contributed by atoms with Gasteiger partial charge in [-0.05, 0) is 56.9 Å². The van der Waals surface area contributed by atoms with Crippen LogP contribution in [0.15, 0.2) is 64.0 Å². The summed E-state index contributed by atoms with van der Waals surface area (Å²) in [6, 6.07) is 11.5. The second-order valence-electron chi connectivity index (χ2n) is 7.57. The quantitative estimate of drug-likeness (QED) is 0.426. The Balaban J connectivity index is 1.57. The van der Waals surface area contributed by atoms with Crippen LogP contribution in [0.25, 0.3) is 11.4 Å². The van der Waals surface area contributed by atoms with Gasteiger partial charge in [0.1, 0.15) is 11.5 Å². The highest BCUT2D eigenvalue weighted by Gasteiger charge is 2.21. The molecule has 0 fully saturated rings. The van der Waals surface area contributed by atoms with Gasteiger partial charge < -0.3 is 14.1 Å². The second-order valence-corrected chi connectivity index (χ2v) is 8.51. The average Bonchev–Trinajstić information content (AvgIpc) is 3.49. The molecular formula is C24H28N4O3S. The predicted octanol–water partition coefficient (Wildman–Crippen LogP) is 4.99. The number of allylic oxidation sites excluding steroid dienone is 2. The van der Waals surface area contributed by atoms with E-state index in [4.69, 9.17) is 9.15 Å². The number of methoxy groups -OCH3 is 1. The van der Waals surface area contributed by atoms with Gasteiger partial charge in [-0.2, -0.15) is 0 Å². The summed E-state index contributed by atoms with van der Waals surface area (Å²) in [6.07, 6.45) is 8.22. The molecule has 2 aromatic heterocycles. The van der Waals surface area contributed by atoms with Crippen molar-refractivity contribution < 1.29 is 13.9 Å². The van der Waals surface area contributed by atoms with Gasteiger partial charge in [-0.3, -0.25) is 9.36 Å². The van der Waals surface area contributed by atoms with Crippen molar-refractivity contribution in [3.05, 3.63) is 60.2 Å². The Morgan fingerprint density at radius 3 is 2.88 bits per heavy atom. The number of aromatic nitrogens is 3. The lowest BCUT2D eigenvalue weighted by Gasteiger charge is -2.26. The standard InChI is InChI=1S/C24H28N4O3S/c1-3-27(19-10-5-4-6-11-19)22(29)17-32-24-26-25-23(18-9-7-12-20(15-18)30-2)28(24)16-21-13-8-14-31-21/h7-10,12-15H,3-6,11,16-17H2,1-2H3. The van der Waals surface area contributed by atoms with Gasteiger partial charge in [0, 0.05) is 17.8 Å². The Morgan fingerprint density at radius 2 is 2.16 bits per heavy atom. The molecule has 0 spiro atoms. The molecule has 8 heteroatoms. The number of ether oxygens (including phenoxy) is 1. The van der Waals surface area contributed by atoms with E-state index in [9.17, 15) is 4.79 Å². The van der Waals surface area contributed by atoms with Crippen LogP contribution in [0.1, 0.15) is 38.4 Å². The number of thioether (sulfide) groups is 1. The van der Waals surface area contributed by atoms with Crippen molar-refractivity contribution in [2.24, 2.45) is 0 Å². The Morgan fingerprint density at radius 1 is 1.25 bits per heavy atom. The van der Waals surface area contributed by atoms with E-state index in [-0.39, 0.29) is 5.91 Å². The molecule has 1 aliphatic rings. The minimum absolute atomic E-state index is 0.0983. The number of hydrogen-bond acceptors (Lipinski definition) is 6. The Kier molecular flexibility index (Phi) is 7.32. The second kappa shape index (κ2) is 10.5. The monoisotopic (exact) mass is 452 g/mol. The molecule has 0 saturated carbocycles. The fourth-order valence-corrected chi connectivity index (χ4v) is 4.70. The number of nitrogens with zero attached hydrogens (tertiary/aromatic N) is 4. The number of benzene rings is 1. The van der Waals surface area contributed by atoms with Crippen molar-refractivity contribution in [3.8, 4) is 17.1 Å². The Bertz CT molecular complexity index is 1070. The summed E-state index contributed by atoms with van der Waals surface area (Å²) in [7, 11) is 1.64. The molecule has 1 amide bonds. The third-order valence-electron chi connectivity index (χ3n) is 5.49. The first-order valence-electron chi connectivity index (χ1n) is 10.9. The van der Waals surface area contributed by atoms with Gasteiger partial charge in [-0.25, -0.2) is 0 Å². The number of amides is 1. The largest absolute Gasteiger partial charge is 0.497 e. The van der Waals surface area contributed by atoms with Crippen LogP contribution in [0.5, 0.6) is 5.75 Å². The van der Waals surface area contributed by atoms with Crippen molar-refractivity contribution >= 4 is 17.7 Å². The first kappa shape index (κ1) is 22.2. The van der Waals surface area contributed by atoms with Gasteiger partial charge in [0.05, 0.1) is 25.7 Å². The molecule has 4 rings (SSSR count). The molecule has 7 nitrogen and oxygen atoms in total. The van der Waals surface area contributed by atoms with Crippen LogP contribution in [0.3, 0.4) is 0 Å². The zero-order chi connectivity index (χ0) is 22.3. The number of hydrogen-bond donors (Lipinski definition) is 0. The van der Waals surface area contributed by atoms with E-state index in [0.717, 1.165) is 42.0 Å². The van der Waals surface area contributed by atoms with Crippen LogP contribution >= 0.6 is 11.8 Å². The molecular weight excluding hydrogens is 424 g/mol. The van der Waals surface area contributed by atoms with E-state index < -0.39 is 0 Å². The smallest absolute Gasteiger partial charge is 0.237 e. The molecule has 1 aromatic carbocycles. The topological polar surface area (TPSA) is 73.4 Å².